The molecule has 6 atom stereocenters. The number of carbonyl (C=O) groups excluding carboxylic acids is 1. The van der Waals surface area contributed by atoms with Crippen molar-refractivity contribution in [3.63, 3.8) is 0 Å². The number of allylic oxidation sites excluding steroid dienone is 1. The molecule has 1 fully saturated rings. The van der Waals surface area contributed by atoms with Crippen molar-refractivity contribution in [3.05, 3.63) is 90.5 Å². The lowest BCUT2D eigenvalue weighted by molar-refractivity contribution is -0.255. The van der Waals surface area contributed by atoms with Crippen molar-refractivity contribution < 1.29 is 38.8 Å². The second kappa shape index (κ2) is 18.3. The molecule has 2 N–H and O–H groups in total. The van der Waals surface area contributed by atoms with Gasteiger partial charge >= 0.3 is 6.09 Å². The Morgan fingerprint density at radius 1 is 1.00 bits per heavy atom. The first-order valence-corrected chi connectivity index (χ1v) is 19.6. The highest BCUT2D eigenvalue weighted by molar-refractivity contribution is 6.03. The van der Waals surface area contributed by atoms with E-state index in [1.807, 2.05) is 50.2 Å². The number of fused-ring (bicyclic) bond motifs is 3. The van der Waals surface area contributed by atoms with Crippen molar-refractivity contribution in [2.75, 3.05) is 40.1 Å². The number of amides is 1. The van der Waals surface area contributed by atoms with Gasteiger partial charge in [-0.15, -0.1) is 6.58 Å². The summed E-state index contributed by atoms with van der Waals surface area (Å²) in [5, 5.41) is 26.6. The molecule has 0 saturated heterocycles. The highest BCUT2D eigenvalue weighted by Crippen LogP contribution is 2.62. The number of aliphatic hydroxyl groups excluding tert-OH is 2. The van der Waals surface area contributed by atoms with Gasteiger partial charge in [0.15, 0.2) is 0 Å². The number of nitrogens with zero attached hydrogens (tertiary/aromatic N) is 2. The summed E-state index contributed by atoms with van der Waals surface area (Å²) in [5.41, 5.74) is 2.75. The Morgan fingerprint density at radius 3 is 2.46 bits per heavy atom. The van der Waals surface area contributed by atoms with Gasteiger partial charge in [0.25, 0.3) is 0 Å². The van der Waals surface area contributed by atoms with Gasteiger partial charge in [0.2, 0.25) is 5.79 Å². The Hall–Kier alpha value is -4.38. The molecule has 1 saturated carbocycles. The van der Waals surface area contributed by atoms with Crippen molar-refractivity contribution in [1.82, 2.24) is 4.90 Å². The van der Waals surface area contributed by atoms with E-state index >= 15 is 0 Å². The van der Waals surface area contributed by atoms with Crippen molar-refractivity contribution in [2.45, 2.75) is 83.0 Å². The van der Waals surface area contributed by atoms with Crippen molar-refractivity contribution in [2.24, 2.45) is 22.9 Å². The minimum Gasteiger partial charge on any atom is -0.459 e. The lowest BCUT2D eigenvalue weighted by Crippen LogP contribution is -2.70. The van der Waals surface area contributed by atoms with Gasteiger partial charge in [0, 0.05) is 37.7 Å². The SMILES string of the molecule is C=CCOC12Oc3ccc(Oc4ccc5ccccc5c4)cc3C3C(CCCCO)C(CCCCO)C=C(C(=NOCC)CC1N(CCC)C(=O)OC)C32. The maximum Gasteiger partial charge on any atom is 0.409 e. The van der Waals surface area contributed by atoms with Crippen LogP contribution >= 0.6 is 0 Å². The Bertz CT molecular complexity index is 1810. The standard InChI is InChI=1S/C44H56N2O8/c1-5-22-46(43(49)50-4)40-29-38(45-52-7-3)36-27-32(16-10-12-23-47)35(17-11-13-24-48)41-37-28-34(53-33-19-18-30-14-8-9-15-31(30)26-33)20-21-39(37)54-44(40,42(36)41)51-25-6-2/h6,8-9,14-15,18-21,26-28,32,35,40-42,47-48H,2,5,7,10-13,16-17,22-25,29H2,1,3-4H3. The van der Waals surface area contributed by atoms with E-state index in [1.54, 1.807) is 11.0 Å². The zero-order valence-electron chi connectivity index (χ0n) is 32.0. The zero-order valence-corrected chi connectivity index (χ0v) is 32.0. The lowest BCUT2D eigenvalue weighted by atomic mass is 9.55. The van der Waals surface area contributed by atoms with Crippen LogP contribution in [-0.4, -0.2) is 78.8 Å². The van der Waals surface area contributed by atoms with E-state index in [0.717, 1.165) is 59.1 Å². The van der Waals surface area contributed by atoms with Crippen LogP contribution in [0, 0.1) is 17.8 Å². The fraction of sp³-hybridized carbons (Fsp3) is 0.500. The van der Waals surface area contributed by atoms with Crippen LogP contribution in [-0.2, 0) is 14.3 Å². The molecular weight excluding hydrogens is 684 g/mol. The smallest absolute Gasteiger partial charge is 0.409 e. The van der Waals surface area contributed by atoms with E-state index < -0.39 is 23.8 Å². The summed E-state index contributed by atoms with van der Waals surface area (Å²) in [4.78, 5) is 21.2. The Labute approximate surface area is 319 Å². The van der Waals surface area contributed by atoms with Gasteiger partial charge in [0.1, 0.15) is 29.9 Å². The number of ether oxygens (including phenoxy) is 4. The van der Waals surface area contributed by atoms with E-state index in [4.69, 9.17) is 28.9 Å². The average molecular weight is 741 g/mol. The third-order valence-corrected chi connectivity index (χ3v) is 11.2. The molecule has 0 bridgehead atoms. The highest BCUT2D eigenvalue weighted by Gasteiger charge is 2.65. The first-order valence-electron chi connectivity index (χ1n) is 19.6. The summed E-state index contributed by atoms with van der Waals surface area (Å²) in [6.45, 7) is 9.19. The Balaban J connectivity index is 1.57. The van der Waals surface area contributed by atoms with Gasteiger partial charge in [-0.05, 0) is 97.5 Å². The van der Waals surface area contributed by atoms with E-state index in [-0.39, 0.29) is 37.6 Å². The van der Waals surface area contributed by atoms with Crippen LogP contribution in [0.3, 0.4) is 0 Å². The average Bonchev–Trinajstić information content (AvgIpc) is 3.19. The van der Waals surface area contributed by atoms with E-state index in [2.05, 4.69) is 36.9 Å². The normalized spacial score (nSPS) is 24.9. The first kappa shape index (κ1) is 39.3. The highest BCUT2D eigenvalue weighted by atomic mass is 16.7. The van der Waals surface area contributed by atoms with Crippen molar-refractivity contribution in [3.8, 4) is 17.2 Å². The largest absolute Gasteiger partial charge is 0.459 e. The zero-order chi connectivity index (χ0) is 38.1. The third kappa shape index (κ3) is 8.02. The van der Waals surface area contributed by atoms with Crippen molar-refractivity contribution >= 4 is 22.6 Å². The number of methoxy groups -OCH3 is 1. The molecule has 3 aliphatic rings. The second-order valence-corrected chi connectivity index (χ2v) is 14.5. The number of oxime groups is 1. The number of carbonyl (C=O) groups is 1. The minimum absolute atomic E-state index is 0.110. The molecule has 54 heavy (non-hydrogen) atoms. The fourth-order valence-corrected chi connectivity index (χ4v) is 8.95. The summed E-state index contributed by atoms with van der Waals surface area (Å²) in [6, 6.07) is 19.7. The summed E-state index contributed by atoms with van der Waals surface area (Å²) >= 11 is 0. The van der Waals surface area contributed by atoms with Gasteiger partial charge in [0.05, 0.1) is 25.3 Å². The molecule has 0 aromatic heterocycles. The summed E-state index contributed by atoms with van der Waals surface area (Å²) in [7, 11) is 1.40. The Morgan fingerprint density at radius 2 is 1.74 bits per heavy atom. The number of rotatable bonds is 18. The molecule has 1 heterocycles. The molecule has 10 heteroatoms. The minimum atomic E-state index is -1.32. The van der Waals surface area contributed by atoms with Crippen LogP contribution in [0.15, 0.2) is 90.1 Å². The second-order valence-electron chi connectivity index (χ2n) is 14.5. The maximum absolute atomic E-state index is 13.7. The van der Waals surface area contributed by atoms with E-state index in [9.17, 15) is 15.0 Å². The number of unbranched alkanes of at least 4 members (excludes halogenated alkanes) is 2. The summed E-state index contributed by atoms with van der Waals surface area (Å²) in [5.74, 6) is 0.477. The Kier molecular flexibility index (Phi) is 13.3. The number of benzene rings is 3. The monoisotopic (exact) mass is 740 g/mol. The maximum atomic E-state index is 13.7. The van der Waals surface area contributed by atoms with Gasteiger partial charge in [-0.2, -0.15) is 0 Å². The molecule has 1 aliphatic heterocycles. The molecule has 2 aliphatic carbocycles. The molecule has 0 radical (unpaired) electrons. The molecule has 290 valence electrons. The van der Waals surface area contributed by atoms with Crippen molar-refractivity contribution in [1.29, 1.82) is 0 Å². The molecule has 6 rings (SSSR count). The fourth-order valence-electron chi connectivity index (χ4n) is 8.95. The van der Waals surface area contributed by atoms with Crippen LogP contribution in [0.25, 0.3) is 10.8 Å². The van der Waals surface area contributed by atoms with E-state index in [0.29, 0.717) is 50.3 Å². The molecule has 1 amide bonds. The van der Waals surface area contributed by atoms with Crippen LogP contribution < -0.4 is 9.47 Å². The quantitative estimate of drug-likeness (QED) is 0.0755. The van der Waals surface area contributed by atoms with Gasteiger partial charge in [-0.1, -0.05) is 67.4 Å². The topological polar surface area (TPSA) is 119 Å². The predicted molar refractivity (Wildman–Crippen MR) is 210 cm³/mol. The summed E-state index contributed by atoms with van der Waals surface area (Å²) < 4.78 is 26.2. The van der Waals surface area contributed by atoms with Gasteiger partial charge < -0.3 is 34.0 Å². The van der Waals surface area contributed by atoms with Crippen LogP contribution in [0.5, 0.6) is 17.2 Å². The predicted octanol–water partition coefficient (Wildman–Crippen LogP) is 8.76. The molecule has 3 aromatic carbocycles. The van der Waals surface area contributed by atoms with Gasteiger partial charge in [-0.25, -0.2) is 4.79 Å². The molecule has 0 spiro atoms. The lowest BCUT2D eigenvalue weighted by Gasteiger charge is -2.59. The molecule has 10 nitrogen and oxygen atoms in total. The first-order chi connectivity index (χ1) is 26.4. The molecule has 6 unspecified atom stereocenters. The number of hydrogen-bond donors (Lipinski definition) is 2. The molecular formula is C44H56N2O8. The van der Waals surface area contributed by atoms with Crippen LogP contribution in [0.2, 0.25) is 0 Å². The summed E-state index contributed by atoms with van der Waals surface area (Å²) in [6.07, 6.45) is 9.43. The van der Waals surface area contributed by atoms with E-state index in [1.165, 1.54) is 7.11 Å². The van der Waals surface area contributed by atoms with Crippen LogP contribution in [0.4, 0.5) is 4.79 Å². The third-order valence-electron chi connectivity index (χ3n) is 11.2. The van der Waals surface area contributed by atoms with Gasteiger partial charge in [-0.3, -0.25) is 4.90 Å². The number of aliphatic hydroxyl groups is 2. The molecule has 3 aromatic rings. The van der Waals surface area contributed by atoms with Crippen LogP contribution in [0.1, 0.15) is 76.7 Å². The number of hydrogen-bond acceptors (Lipinski definition) is 9.